The van der Waals surface area contributed by atoms with Gasteiger partial charge in [0.15, 0.2) is 11.6 Å². The molecule has 0 aliphatic heterocycles. The first-order valence-electron chi connectivity index (χ1n) is 7.37. The number of rotatable bonds is 5. The van der Waals surface area contributed by atoms with Crippen molar-refractivity contribution in [3.63, 3.8) is 0 Å². The van der Waals surface area contributed by atoms with Gasteiger partial charge in [-0.25, -0.2) is 18.7 Å². The minimum atomic E-state index is -1.01. The van der Waals surface area contributed by atoms with Gasteiger partial charge in [-0.2, -0.15) is 5.10 Å². The average molecular weight is 332 g/mol. The average Bonchev–Trinajstić information content (AvgIpc) is 2.96. The van der Waals surface area contributed by atoms with Gasteiger partial charge in [0.1, 0.15) is 11.5 Å². The van der Waals surface area contributed by atoms with Crippen LogP contribution < -0.4 is 0 Å². The normalized spacial score (nSPS) is 12.5. The molecule has 0 fully saturated rings. The third kappa shape index (κ3) is 2.94. The van der Waals surface area contributed by atoms with E-state index in [4.69, 9.17) is 5.11 Å². The highest BCUT2D eigenvalue weighted by Gasteiger charge is 2.21. The van der Waals surface area contributed by atoms with Crippen molar-refractivity contribution in [3.8, 4) is 11.5 Å². The van der Waals surface area contributed by atoms with Crippen LogP contribution in [0, 0.1) is 17.6 Å². The Hall–Kier alpha value is -2.90. The molecule has 0 radical (unpaired) electrons. The molecule has 0 amide bonds. The Morgan fingerprint density at radius 3 is 2.88 bits per heavy atom. The van der Waals surface area contributed by atoms with Gasteiger partial charge in [0, 0.05) is 11.8 Å². The van der Waals surface area contributed by atoms with E-state index in [0.717, 1.165) is 6.20 Å². The van der Waals surface area contributed by atoms with Crippen LogP contribution >= 0.6 is 0 Å². The van der Waals surface area contributed by atoms with Crippen LogP contribution in [0.4, 0.5) is 8.78 Å². The van der Waals surface area contributed by atoms with E-state index in [1.165, 1.54) is 18.2 Å². The number of nitrogens with one attached hydrogen (secondary N) is 1. The second-order valence-corrected chi connectivity index (χ2v) is 5.40. The number of fused-ring (bicyclic) bond motifs is 1. The summed E-state index contributed by atoms with van der Waals surface area (Å²) in [6.07, 6.45) is 1.28. The van der Waals surface area contributed by atoms with Crippen LogP contribution in [0.3, 0.4) is 0 Å². The number of hydrogen-bond donors (Lipinski definition) is 2. The maximum Gasteiger partial charge on any atom is 0.306 e. The fourth-order valence-electron chi connectivity index (χ4n) is 2.46. The zero-order chi connectivity index (χ0) is 17.3. The Labute approximate surface area is 135 Å². The summed E-state index contributed by atoms with van der Waals surface area (Å²) in [7, 11) is 0. The lowest BCUT2D eigenvalue weighted by Gasteiger charge is -2.10. The molecule has 2 aromatic heterocycles. The van der Waals surface area contributed by atoms with Crippen LogP contribution in [0.1, 0.15) is 19.0 Å². The number of hydrogen-bond acceptors (Lipinski definition) is 4. The molecule has 1 unspecified atom stereocenters. The predicted molar refractivity (Wildman–Crippen MR) is 82.2 cm³/mol. The SMILES string of the molecule is CCC(Cc1nc(-c2n[nH]c3ccc(F)cc23)ncc1F)C(=O)O. The summed E-state index contributed by atoms with van der Waals surface area (Å²) in [6, 6.07) is 4.11. The number of H-pyrrole nitrogens is 1. The minimum Gasteiger partial charge on any atom is -0.481 e. The Kier molecular flexibility index (Phi) is 4.20. The molecule has 0 saturated heterocycles. The second kappa shape index (κ2) is 6.31. The number of aromatic nitrogens is 4. The zero-order valence-electron chi connectivity index (χ0n) is 12.8. The van der Waals surface area contributed by atoms with E-state index in [9.17, 15) is 13.6 Å². The highest BCUT2D eigenvalue weighted by atomic mass is 19.1. The van der Waals surface area contributed by atoms with Crippen molar-refractivity contribution < 1.29 is 18.7 Å². The van der Waals surface area contributed by atoms with Gasteiger partial charge in [0.05, 0.1) is 23.3 Å². The lowest BCUT2D eigenvalue weighted by atomic mass is 10.0. The van der Waals surface area contributed by atoms with Crippen LogP contribution in [-0.2, 0) is 11.2 Å². The van der Waals surface area contributed by atoms with Crippen molar-refractivity contribution in [2.24, 2.45) is 5.92 Å². The molecular weight excluding hydrogens is 318 g/mol. The smallest absolute Gasteiger partial charge is 0.306 e. The quantitative estimate of drug-likeness (QED) is 0.749. The van der Waals surface area contributed by atoms with Gasteiger partial charge in [-0.15, -0.1) is 0 Å². The third-order valence-corrected chi connectivity index (χ3v) is 3.84. The van der Waals surface area contributed by atoms with Crippen molar-refractivity contribution in [2.75, 3.05) is 0 Å². The van der Waals surface area contributed by atoms with Crippen LogP contribution in [-0.4, -0.2) is 31.2 Å². The maximum absolute atomic E-state index is 13.9. The van der Waals surface area contributed by atoms with Gasteiger partial charge >= 0.3 is 5.97 Å². The number of carboxylic acids is 1. The lowest BCUT2D eigenvalue weighted by Crippen LogP contribution is -2.17. The van der Waals surface area contributed by atoms with E-state index in [1.807, 2.05) is 0 Å². The Morgan fingerprint density at radius 2 is 2.17 bits per heavy atom. The van der Waals surface area contributed by atoms with Crippen molar-refractivity contribution >= 4 is 16.9 Å². The summed E-state index contributed by atoms with van der Waals surface area (Å²) in [4.78, 5) is 19.2. The van der Waals surface area contributed by atoms with Crippen LogP contribution in [0.25, 0.3) is 22.4 Å². The molecule has 0 aliphatic carbocycles. The summed E-state index contributed by atoms with van der Waals surface area (Å²) in [6.45, 7) is 1.71. The number of carbonyl (C=O) groups is 1. The van der Waals surface area contributed by atoms with Crippen molar-refractivity contribution in [2.45, 2.75) is 19.8 Å². The second-order valence-electron chi connectivity index (χ2n) is 5.40. The first kappa shape index (κ1) is 16.0. The standard InChI is InChI=1S/C16H14F2N4O2/c1-2-8(16(23)24)5-13-11(18)7-19-15(20-13)14-10-6-9(17)3-4-12(10)21-22-14/h3-4,6-8H,2,5H2,1H3,(H,21,22)(H,23,24). The lowest BCUT2D eigenvalue weighted by molar-refractivity contribution is -0.141. The molecule has 8 heteroatoms. The predicted octanol–water partition coefficient (Wildman–Crippen LogP) is 2.95. The third-order valence-electron chi connectivity index (χ3n) is 3.84. The van der Waals surface area contributed by atoms with Crippen molar-refractivity contribution in [1.29, 1.82) is 0 Å². The van der Waals surface area contributed by atoms with Gasteiger partial charge in [0.2, 0.25) is 0 Å². The fraction of sp³-hybridized carbons (Fsp3) is 0.250. The molecule has 0 bridgehead atoms. The molecule has 124 valence electrons. The van der Waals surface area contributed by atoms with Crippen LogP contribution in [0.15, 0.2) is 24.4 Å². The van der Waals surface area contributed by atoms with Crippen LogP contribution in [0.5, 0.6) is 0 Å². The molecule has 1 atom stereocenters. The topological polar surface area (TPSA) is 91.8 Å². The van der Waals surface area contributed by atoms with Crippen LogP contribution in [0.2, 0.25) is 0 Å². The highest BCUT2D eigenvalue weighted by Crippen LogP contribution is 2.25. The molecule has 1 aromatic carbocycles. The molecule has 0 spiro atoms. The number of aliphatic carboxylic acids is 1. The molecule has 24 heavy (non-hydrogen) atoms. The van der Waals surface area contributed by atoms with E-state index in [-0.39, 0.29) is 23.6 Å². The van der Waals surface area contributed by atoms with Gasteiger partial charge in [-0.3, -0.25) is 9.89 Å². The first-order chi connectivity index (χ1) is 11.5. The van der Waals surface area contributed by atoms with Gasteiger partial charge < -0.3 is 5.11 Å². The molecule has 2 heterocycles. The largest absolute Gasteiger partial charge is 0.481 e. The molecule has 2 N–H and O–H groups in total. The van der Waals surface area contributed by atoms with Gasteiger partial charge in [-0.1, -0.05) is 6.92 Å². The number of carboxylic acid groups (broad SMARTS) is 1. The minimum absolute atomic E-state index is 0.00167. The van der Waals surface area contributed by atoms with E-state index in [1.54, 1.807) is 6.92 Å². The summed E-state index contributed by atoms with van der Waals surface area (Å²) in [5.74, 6) is -2.75. The first-order valence-corrected chi connectivity index (χ1v) is 7.37. The molecule has 6 nitrogen and oxygen atoms in total. The fourth-order valence-corrected chi connectivity index (χ4v) is 2.46. The van der Waals surface area contributed by atoms with Gasteiger partial charge in [0.25, 0.3) is 0 Å². The monoisotopic (exact) mass is 332 g/mol. The van der Waals surface area contributed by atoms with E-state index in [2.05, 4.69) is 20.2 Å². The summed E-state index contributed by atoms with van der Waals surface area (Å²) in [5, 5.41) is 16.4. The van der Waals surface area contributed by atoms with Crippen molar-refractivity contribution in [3.05, 3.63) is 41.7 Å². The van der Waals surface area contributed by atoms with Crippen molar-refractivity contribution in [1.82, 2.24) is 20.2 Å². The van der Waals surface area contributed by atoms with E-state index in [0.29, 0.717) is 17.3 Å². The number of nitrogens with zero attached hydrogens (tertiary/aromatic N) is 3. The molecule has 0 saturated carbocycles. The highest BCUT2D eigenvalue weighted by molar-refractivity contribution is 5.91. The molecule has 3 rings (SSSR count). The van der Waals surface area contributed by atoms with Gasteiger partial charge in [-0.05, 0) is 24.6 Å². The molecule has 0 aliphatic rings. The number of aromatic amines is 1. The zero-order valence-corrected chi connectivity index (χ0v) is 12.8. The maximum atomic E-state index is 13.9. The molecular formula is C16H14F2N4O2. The number of halogens is 2. The van der Waals surface area contributed by atoms with E-state index < -0.39 is 23.5 Å². The summed E-state index contributed by atoms with van der Waals surface area (Å²) < 4.78 is 27.4. The van der Waals surface area contributed by atoms with E-state index >= 15 is 0 Å². The molecule has 3 aromatic rings. The Bertz CT molecular complexity index is 910. The number of benzene rings is 1. The Morgan fingerprint density at radius 1 is 1.38 bits per heavy atom. The summed E-state index contributed by atoms with van der Waals surface area (Å²) in [5.41, 5.74) is 0.883. The summed E-state index contributed by atoms with van der Waals surface area (Å²) >= 11 is 0. The Balaban J connectivity index is 2.04.